The van der Waals surface area contributed by atoms with Gasteiger partial charge >= 0.3 is 12.1 Å². The van der Waals surface area contributed by atoms with E-state index < -0.39 is 23.8 Å². The molecule has 0 radical (unpaired) electrons. The number of rotatable bonds is 2. The van der Waals surface area contributed by atoms with Crippen LogP contribution >= 0.6 is 0 Å². The number of carboxylic acid groups (broad SMARTS) is 1. The van der Waals surface area contributed by atoms with E-state index in [1.807, 2.05) is 0 Å². The predicted octanol–water partition coefficient (Wildman–Crippen LogP) is 1.66. The summed E-state index contributed by atoms with van der Waals surface area (Å²) >= 11 is 0. The topological polar surface area (TPSA) is 87.1 Å². The van der Waals surface area contributed by atoms with Crippen LogP contribution in [-0.4, -0.2) is 11.1 Å². The minimum Gasteiger partial charge on any atom is -0.480 e. The normalized spacial score (nSPS) is 12.9. The first-order chi connectivity index (χ1) is 7.75. The average molecular weight is 244 g/mol. The molecule has 1 atom stereocenters. The third-order valence-corrected chi connectivity index (χ3v) is 2.04. The third kappa shape index (κ3) is 2.95. The first-order valence-electron chi connectivity index (χ1n) is 4.36. The largest absolute Gasteiger partial charge is 0.480 e. The summed E-state index contributed by atoms with van der Waals surface area (Å²) in [6.45, 7) is 0. The Morgan fingerprint density at radius 2 is 2.00 bits per heavy atom. The molecule has 0 aromatic heterocycles. The van der Waals surface area contributed by atoms with Gasteiger partial charge in [0.1, 0.15) is 6.04 Å². The smallest absolute Gasteiger partial charge is 0.416 e. The molecule has 0 unspecified atom stereocenters. The zero-order valence-corrected chi connectivity index (χ0v) is 8.32. The van der Waals surface area contributed by atoms with Gasteiger partial charge in [-0.05, 0) is 23.8 Å². The van der Waals surface area contributed by atoms with Crippen LogP contribution in [0.15, 0.2) is 18.2 Å². The van der Waals surface area contributed by atoms with Crippen LogP contribution in [0.5, 0.6) is 0 Å². The number of nitriles is 1. The van der Waals surface area contributed by atoms with Crippen molar-refractivity contribution in [2.24, 2.45) is 5.73 Å². The number of alkyl halides is 3. The van der Waals surface area contributed by atoms with Gasteiger partial charge in [0.05, 0.1) is 17.2 Å². The number of halogens is 3. The maximum absolute atomic E-state index is 12.5. The molecular formula is C10H7F3N2O2. The van der Waals surface area contributed by atoms with Crippen molar-refractivity contribution < 1.29 is 23.1 Å². The summed E-state index contributed by atoms with van der Waals surface area (Å²) in [5.74, 6) is -1.46. The Hall–Kier alpha value is -2.07. The lowest BCUT2D eigenvalue weighted by molar-refractivity contribution is -0.140. The number of hydrogen-bond donors (Lipinski definition) is 2. The molecule has 90 valence electrons. The molecule has 0 saturated carbocycles. The van der Waals surface area contributed by atoms with Crippen LogP contribution < -0.4 is 5.73 Å². The first kappa shape index (κ1) is 13.0. The number of benzene rings is 1. The summed E-state index contributed by atoms with van der Waals surface area (Å²) < 4.78 is 37.4. The fraction of sp³-hybridized carbons (Fsp3) is 0.200. The minimum absolute atomic E-state index is 0.260. The van der Waals surface area contributed by atoms with Crippen LogP contribution in [0.2, 0.25) is 0 Å². The van der Waals surface area contributed by atoms with E-state index >= 15 is 0 Å². The number of hydrogen-bond acceptors (Lipinski definition) is 3. The fourth-order valence-electron chi connectivity index (χ4n) is 1.20. The summed E-state index contributed by atoms with van der Waals surface area (Å²) in [7, 11) is 0. The molecule has 0 aliphatic carbocycles. The van der Waals surface area contributed by atoms with Crippen molar-refractivity contribution in [1.82, 2.24) is 0 Å². The Kier molecular flexibility index (Phi) is 3.39. The second-order valence-electron chi connectivity index (χ2n) is 3.27. The zero-order chi connectivity index (χ0) is 13.2. The van der Waals surface area contributed by atoms with Crippen molar-refractivity contribution in [3.63, 3.8) is 0 Å². The van der Waals surface area contributed by atoms with E-state index in [2.05, 4.69) is 0 Å². The van der Waals surface area contributed by atoms with Crippen molar-refractivity contribution in [1.29, 1.82) is 5.26 Å². The number of nitrogens with zero attached hydrogens (tertiary/aromatic N) is 1. The zero-order valence-electron chi connectivity index (χ0n) is 8.32. The van der Waals surface area contributed by atoms with E-state index in [0.29, 0.717) is 12.1 Å². The molecule has 4 nitrogen and oxygen atoms in total. The van der Waals surface area contributed by atoms with Crippen molar-refractivity contribution in [2.45, 2.75) is 12.2 Å². The van der Waals surface area contributed by atoms with Crippen molar-refractivity contribution in [3.8, 4) is 6.07 Å². The van der Waals surface area contributed by atoms with E-state index in [4.69, 9.17) is 16.1 Å². The van der Waals surface area contributed by atoms with Gasteiger partial charge in [-0.1, -0.05) is 0 Å². The minimum atomic E-state index is -4.65. The fourth-order valence-corrected chi connectivity index (χ4v) is 1.20. The molecule has 3 N–H and O–H groups in total. The summed E-state index contributed by atoms with van der Waals surface area (Å²) in [5, 5.41) is 17.2. The molecule has 0 heterocycles. The second kappa shape index (κ2) is 4.43. The van der Waals surface area contributed by atoms with Crippen LogP contribution in [0.3, 0.4) is 0 Å². The Balaban J connectivity index is 3.34. The van der Waals surface area contributed by atoms with Crippen LogP contribution in [0.4, 0.5) is 13.2 Å². The molecule has 1 aromatic carbocycles. The van der Waals surface area contributed by atoms with Gasteiger partial charge in [-0.15, -0.1) is 0 Å². The maximum Gasteiger partial charge on any atom is 0.416 e. The highest BCUT2D eigenvalue weighted by Crippen LogP contribution is 2.31. The van der Waals surface area contributed by atoms with Crippen molar-refractivity contribution >= 4 is 5.97 Å². The van der Waals surface area contributed by atoms with E-state index in [0.717, 1.165) is 6.07 Å². The number of carbonyl (C=O) groups is 1. The third-order valence-electron chi connectivity index (χ3n) is 2.04. The van der Waals surface area contributed by atoms with Gasteiger partial charge in [-0.25, -0.2) is 0 Å². The second-order valence-corrected chi connectivity index (χ2v) is 3.27. The van der Waals surface area contributed by atoms with Gasteiger partial charge in [0.25, 0.3) is 0 Å². The molecule has 1 aromatic rings. The van der Waals surface area contributed by atoms with Gasteiger partial charge in [0.15, 0.2) is 0 Å². The van der Waals surface area contributed by atoms with Crippen LogP contribution in [-0.2, 0) is 11.0 Å². The maximum atomic E-state index is 12.5. The molecule has 0 bridgehead atoms. The highest BCUT2D eigenvalue weighted by atomic mass is 19.4. The Morgan fingerprint density at radius 3 is 2.41 bits per heavy atom. The van der Waals surface area contributed by atoms with Gasteiger partial charge < -0.3 is 10.8 Å². The first-order valence-corrected chi connectivity index (χ1v) is 4.36. The van der Waals surface area contributed by atoms with Crippen LogP contribution in [0, 0.1) is 11.3 Å². The standard InChI is InChI=1S/C10H7F3N2O2/c11-10(12,13)7-2-5(4-14)1-6(3-7)8(15)9(16)17/h1-3,8H,15H2,(H,16,17)/t8-/m0/s1. The molecule has 0 aliphatic heterocycles. The Labute approximate surface area is 94.1 Å². The summed E-state index contributed by atoms with van der Waals surface area (Å²) in [6.07, 6.45) is -4.65. The van der Waals surface area contributed by atoms with E-state index in [-0.39, 0.29) is 11.1 Å². The SMILES string of the molecule is N#Cc1cc([C@H](N)C(=O)O)cc(C(F)(F)F)c1. The summed E-state index contributed by atoms with van der Waals surface area (Å²) in [5.41, 5.74) is 3.56. The Morgan fingerprint density at radius 1 is 1.41 bits per heavy atom. The van der Waals surface area contributed by atoms with E-state index in [9.17, 15) is 18.0 Å². The average Bonchev–Trinajstić information content (AvgIpc) is 2.26. The molecule has 0 amide bonds. The van der Waals surface area contributed by atoms with Gasteiger partial charge in [-0.2, -0.15) is 18.4 Å². The molecular weight excluding hydrogens is 237 g/mol. The quantitative estimate of drug-likeness (QED) is 0.828. The lowest BCUT2D eigenvalue weighted by Gasteiger charge is -2.12. The van der Waals surface area contributed by atoms with Crippen molar-refractivity contribution in [2.75, 3.05) is 0 Å². The lowest BCUT2D eigenvalue weighted by atomic mass is 10.0. The van der Waals surface area contributed by atoms with Crippen LogP contribution in [0.1, 0.15) is 22.7 Å². The monoisotopic (exact) mass is 244 g/mol. The Bertz CT molecular complexity index is 491. The highest BCUT2D eigenvalue weighted by molar-refractivity contribution is 5.75. The molecule has 7 heteroatoms. The van der Waals surface area contributed by atoms with Crippen molar-refractivity contribution in [3.05, 3.63) is 34.9 Å². The molecule has 0 saturated heterocycles. The van der Waals surface area contributed by atoms with Gasteiger partial charge in [-0.3, -0.25) is 4.79 Å². The number of aliphatic carboxylic acids is 1. The van der Waals surface area contributed by atoms with Crippen LogP contribution in [0.25, 0.3) is 0 Å². The number of carboxylic acids is 1. The van der Waals surface area contributed by atoms with E-state index in [1.165, 1.54) is 6.07 Å². The number of nitrogens with two attached hydrogens (primary N) is 1. The summed E-state index contributed by atoms with van der Waals surface area (Å²) in [6, 6.07) is 2.22. The molecule has 0 spiro atoms. The predicted molar refractivity (Wildman–Crippen MR) is 50.7 cm³/mol. The molecule has 1 rings (SSSR count). The molecule has 17 heavy (non-hydrogen) atoms. The van der Waals surface area contributed by atoms with Gasteiger partial charge in [0.2, 0.25) is 0 Å². The molecule has 0 fully saturated rings. The van der Waals surface area contributed by atoms with E-state index in [1.54, 1.807) is 0 Å². The lowest BCUT2D eigenvalue weighted by Crippen LogP contribution is -2.21. The summed E-state index contributed by atoms with van der Waals surface area (Å²) in [4.78, 5) is 10.6. The molecule has 0 aliphatic rings. The highest BCUT2D eigenvalue weighted by Gasteiger charge is 2.32. The van der Waals surface area contributed by atoms with Gasteiger partial charge in [0, 0.05) is 0 Å².